The summed E-state index contributed by atoms with van der Waals surface area (Å²) in [6.07, 6.45) is 0. The van der Waals surface area contributed by atoms with Gasteiger partial charge < -0.3 is 14.1 Å². The molecule has 116 valence electrons. The van der Waals surface area contributed by atoms with Gasteiger partial charge in [-0.25, -0.2) is 0 Å². The minimum Gasteiger partial charge on any atom is -0.423 e. The molecular weight excluding hydrogens is 350 g/mol. The minimum absolute atomic E-state index is 0.0471. The summed E-state index contributed by atoms with van der Waals surface area (Å²) in [4.78, 5) is 14.6. The summed E-state index contributed by atoms with van der Waals surface area (Å²) in [7, 11) is 0. The first-order chi connectivity index (χ1) is 10.6. The van der Waals surface area contributed by atoms with Gasteiger partial charge in [0.2, 0.25) is 11.8 Å². The second-order valence-electron chi connectivity index (χ2n) is 5.21. The number of morpholine rings is 1. The number of hydrogen-bond donors (Lipinski definition) is 0. The van der Waals surface area contributed by atoms with Gasteiger partial charge in [0, 0.05) is 23.5 Å². The highest BCUT2D eigenvalue weighted by molar-refractivity contribution is 9.10. The lowest BCUT2D eigenvalue weighted by Crippen LogP contribution is -2.43. The Hall–Kier alpha value is -1.73. The molecule has 2 aromatic rings. The van der Waals surface area contributed by atoms with Crippen LogP contribution in [0.4, 0.5) is 0 Å². The van der Waals surface area contributed by atoms with E-state index in [9.17, 15) is 4.79 Å². The van der Waals surface area contributed by atoms with Crippen molar-refractivity contribution in [2.24, 2.45) is 0 Å². The number of ether oxygens (including phenoxy) is 1. The lowest BCUT2D eigenvalue weighted by molar-refractivity contribution is -0.0106. The molecule has 0 bridgehead atoms. The molecule has 0 radical (unpaired) electrons. The number of rotatable bonds is 2. The molecule has 1 atom stereocenters. The van der Waals surface area contributed by atoms with Gasteiger partial charge in [0.15, 0.2) is 0 Å². The molecule has 0 saturated carbocycles. The molecule has 0 N–H and O–H groups in total. The molecule has 1 aliphatic heterocycles. The minimum atomic E-state index is -0.342. The molecule has 1 amide bonds. The van der Waals surface area contributed by atoms with Crippen molar-refractivity contribution in [3.63, 3.8) is 0 Å². The fraction of sp³-hybridized carbons (Fsp3) is 0.400. The van der Waals surface area contributed by atoms with Crippen molar-refractivity contribution < 1.29 is 13.9 Å². The van der Waals surface area contributed by atoms with Crippen LogP contribution < -0.4 is 0 Å². The van der Waals surface area contributed by atoms with Gasteiger partial charge in [-0.2, -0.15) is 0 Å². The number of carbonyl (C=O) groups is 1. The normalized spacial score (nSPS) is 18.5. The van der Waals surface area contributed by atoms with Gasteiger partial charge in [-0.05, 0) is 30.7 Å². The molecule has 0 spiro atoms. The van der Waals surface area contributed by atoms with Crippen LogP contribution in [0.1, 0.15) is 33.7 Å². The lowest BCUT2D eigenvalue weighted by atomic mass is 10.1. The quantitative estimate of drug-likeness (QED) is 0.818. The second kappa shape index (κ2) is 6.18. The van der Waals surface area contributed by atoms with Crippen LogP contribution in [0.25, 0.3) is 0 Å². The van der Waals surface area contributed by atoms with Crippen molar-refractivity contribution in [3.8, 4) is 0 Å². The van der Waals surface area contributed by atoms with E-state index in [0.717, 1.165) is 10.0 Å². The van der Waals surface area contributed by atoms with Crippen molar-refractivity contribution in [1.29, 1.82) is 0 Å². The first kappa shape index (κ1) is 15.2. The van der Waals surface area contributed by atoms with Crippen molar-refractivity contribution in [2.75, 3.05) is 19.8 Å². The predicted octanol–water partition coefficient (Wildman–Crippen LogP) is 2.66. The molecule has 1 aromatic carbocycles. The molecular formula is C15H16BrN3O3. The first-order valence-electron chi connectivity index (χ1n) is 7.01. The zero-order valence-electron chi connectivity index (χ0n) is 12.4. The Bertz CT molecular complexity index is 701. The van der Waals surface area contributed by atoms with Crippen LogP contribution in [0.5, 0.6) is 0 Å². The van der Waals surface area contributed by atoms with E-state index < -0.39 is 0 Å². The highest BCUT2D eigenvalue weighted by atomic mass is 79.9. The maximum absolute atomic E-state index is 12.9. The van der Waals surface area contributed by atoms with Crippen LogP contribution in [0.15, 0.2) is 27.1 Å². The van der Waals surface area contributed by atoms with Gasteiger partial charge in [-0.3, -0.25) is 4.79 Å². The molecule has 3 rings (SSSR count). The van der Waals surface area contributed by atoms with E-state index >= 15 is 0 Å². The maximum atomic E-state index is 12.9. The van der Waals surface area contributed by atoms with E-state index in [2.05, 4.69) is 26.1 Å². The molecule has 1 aliphatic rings. The molecule has 2 heterocycles. The topological polar surface area (TPSA) is 68.5 Å². The van der Waals surface area contributed by atoms with Crippen molar-refractivity contribution >= 4 is 21.8 Å². The van der Waals surface area contributed by atoms with Crippen LogP contribution in [-0.4, -0.2) is 40.8 Å². The van der Waals surface area contributed by atoms with Crippen LogP contribution in [0.2, 0.25) is 0 Å². The van der Waals surface area contributed by atoms with Gasteiger partial charge in [-0.1, -0.05) is 15.9 Å². The molecule has 7 heteroatoms. The summed E-state index contributed by atoms with van der Waals surface area (Å²) in [5, 5.41) is 7.88. The number of aryl methyl sites for hydroxylation is 2. The van der Waals surface area contributed by atoms with Crippen LogP contribution in [0.3, 0.4) is 0 Å². The zero-order valence-corrected chi connectivity index (χ0v) is 14.0. The Morgan fingerprint density at radius 3 is 2.86 bits per heavy atom. The third-order valence-corrected chi connectivity index (χ3v) is 4.13. The van der Waals surface area contributed by atoms with E-state index in [-0.39, 0.29) is 11.9 Å². The van der Waals surface area contributed by atoms with Gasteiger partial charge in [0.1, 0.15) is 6.04 Å². The van der Waals surface area contributed by atoms with E-state index in [1.165, 1.54) is 0 Å². The highest BCUT2D eigenvalue weighted by Gasteiger charge is 2.33. The predicted molar refractivity (Wildman–Crippen MR) is 82.5 cm³/mol. The van der Waals surface area contributed by atoms with Crippen LogP contribution >= 0.6 is 15.9 Å². The van der Waals surface area contributed by atoms with Crippen molar-refractivity contribution in [2.45, 2.75) is 19.9 Å². The summed E-state index contributed by atoms with van der Waals surface area (Å²) in [5.41, 5.74) is 1.60. The number of halogens is 1. The highest BCUT2D eigenvalue weighted by Crippen LogP contribution is 2.26. The monoisotopic (exact) mass is 365 g/mol. The number of amides is 1. The fourth-order valence-corrected chi connectivity index (χ4v) is 3.00. The third kappa shape index (κ3) is 2.91. The van der Waals surface area contributed by atoms with Crippen LogP contribution in [-0.2, 0) is 4.74 Å². The number of aromatic nitrogens is 2. The average Bonchev–Trinajstić information content (AvgIpc) is 2.93. The Balaban J connectivity index is 1.91. The fourth-order valence-electron chi connectivity index (χ4n) is 2.52. The summed E-state index contributed by atoms with van der Waals surface area (Å²) < 4.78 is 11.9. The van der Waals surface area contributed by atoms with Crippen LogP contribution in [0, 0.1) is 13.8 Å². The average molecular weight is 366 g/mol. The maximum Gasteiger partial charge on any atom is 0.254 e. The van der Waals surface area contributed by atoms with Gasteiger partial charge in [-0.15, -0.1) is 10.2 Å². The third-order valence-electron chi connectivity index (χ3n) is 3.63. The number of carbonyl (C=O) groups excluding carboxylic acids is 1. The van der Waals surface area contributed by atoms with Gasteiger partial charge >= 0.3 is 0 Å². The summed E-state index contributed by atoms with van der Waals surface area (Å²) >= 11 is 3.41. The standard InChI is InChI=1S/C15H16BrN3O3/c1-9-7-11(16)3-4-12(9)15(20)19-5-6-21-8-13(19)14-18-17-10(2)22-14/h3-4,7,13H,5-6,8H2,1-2H3. The molecule has 1 aromatic heterocycles. The zero-order chi connectivity index (χ0) is 15.7. The van der Waals surface area contributed by atoms with E-state index in [0.29, 0.717) is 37.1 Å². The molecule has 6 nitrogen and oxygen atoms in total. The number of nitrogens with zero attached hydrogens (tertiary/aromatic N) is 3. The number of hydrogen-bond acceptors (Lipinski definition) is 5. The largest absolute Gasteiger partial charge is 0.423 e. The summed E-state index contributed by atoms with van der Waals surface area (Å²) in [6.45, 7) is 5.02. The molecule has 0 aliphatic carbocycles. The Kier molecular flexibility index (Phi) is 4.26. The Labute approximate surface area is 136 Å². The molecule has 1 unspecified atom stereocenters. The van der Waals surface area contributed by atoms with E-state index in [1.54, 1.807) is 11.8 Å². The molecule has 1 fully saturated rings. The molecule has 22 heavy (non-hydrogen) atoms. The number of benzene rings is 1. The van der Waals surface area contributed by atoms with Crippen molar-refractivity contribution in [3.05, 3.63) is 45.6 Å². The first-order valence-corrected chi connectivity index (χ1v) is 7.80. The Morgan fingerprint density at radius 2 is 2.18 bits per heavy atom. The van der Waals surface area contributed by atoms with E-state index in [4.69, 9.17) is 9.15 Å². The second-order valence-corrected chi connectivity index (χ2v) is 6.12. The molecule has 1 saturated heterocycles. The summed E-state index contributed by atoms with van der Waals surface area (Å²) in [5.74, 6) is 0.849. The van der Waals surface area contributed by atoms with Crippen molar-refractivity contribution in [1.82, 2.24) is 15.1 Å². The lowest BCUT2D eigenvalue weighted by Gasteiger charge is -2.33. The Morgan fingerprint density at radius 1 is 1.36 bits per heavy atom. The van der Waals surface area contributed by atoms with E-state index in [1.807, 2.05) is 25.1 Å². The summed E-state index contributed by atoms with van der Waals surface area (Å²) in [6, 6.07) is 5.28. The van der Waals surface area contributed by atoms with Gasteiger partial charge in [0.25, 0.3) is 5.91 Å². The van der Waals surface area contributed by atoms with Gasteiger partial charge in [0.05, 0.1) is 13.2 Å². The smallest absolute Gasteiger partial charge is 0.254 e. The SMILES string of the molecule is Cc1nnc(C2COCCN2C(=O)c2ccc(Br)cc2C)o1.